The molecule has 110 valence electrons. The van der Waals surface area contributed by atoms with Crippen molar-refractivity contribution >= 4 is 33.2 Å². The van der Waals surface area contributed by atoms with Gasteiger partial charge < -0.3 is 15.8 Å². The monoisotopic (exact) mass is 348 g/mol. The predicted molar refractivity (Wildman–Crippen MR) is 88.6 cm³/mol. The van der Waals surface area contributed by atoms with E-state index in [2.05, 4.69) is 21.2 Å². The highest BCUT2D eigenvalue weighted by atomic mass is 79.9. The van der Waals surface area contributed by atoms with Crippen molar-refractivity contribution in [2.45, 2.75) is 13.8 Å². The Labute approximate surface area is 132 Å². The number of aryl methyl sites for hydroxylation is 2. The molecule has 2 aromatic carbocycles. The zero-order valence-corrected chi connectivity index (χ0v) is 13.5. The fourth-order valence-corrected chi connectivity index (χ4v) is 2.73. The Kier molecular flexibility index (Phi) is 4.85. The number of halogens is 1. The normalized spacial score (nSPS) is 10.2. The van der Waals surface area contributed by atoms with E-state index in [9.17, 15) is 4.79 Å². The van der Waals surface area contributed by atoms with Crippen LogP contribution in [0.4, 0.5) is 11.4 Å². The lowest BCUT2D eigenvalue weighted by molar-refractivity contribution is -0.118. The summed E-state index contributed by atoms with van der Waals surface area (Å²) in [5.41, 5.74) is 9.08. The molecule has 0 aliphatic heterocycles. The number of carbonyl (C=O) groups excluding carboxylic acids is 1. The first-order chi connectivity index (χ1) is 9.97. The Morgan fingerprint density at radius 3 is 2.48 bits per heavy atom. The van der Waals surface area contributed by atoms with E-state index in [0.29, 0.717) is 11.4 Å². The third kappa shape index (κ3) is 3.98. The molecule has 2 rings (SSSR count). The summed E-state index contributed by atoms with van der Waals surface area (Å²) in [7, 11) is 0. The molecule has 0 aromatic heterocycles. The molecule has 1 amide bonds. The molecule has 3 N–H and O–H groups in total. The lowest BCUT2D eigenvalue weighted by Crippen LogP contribution is -2.21. The van der Waals surface area contributed by atoms with Crippen molar-refractivity contribution in [2.24, 2.45) is 0 Å². The van der Waals surface area contributed by atoms with Gasteiger partial charge in [0.2, 0.25) is 0 Å². The summed E-state index contributed by atoms with van der Waals surface area (Å²) in [4.78, 5) is 12.0. The summed E-state index contributed by atoms with van der Waals surface area (Å²) < 4.78 is 6.42. The highest BCUT2D eigenvalue weighted by Crippen LogP contribution is 2.25. The third-order valence-corrected chi connectivity index (χ3v) is 3.50. The van der Waals surface area contributed by atoms with Crippen molar-refractivity contribution in [3.8, 4) is 5.75 Å². The van der Waals surface area contributed by atoms with Crippen LogP contribution in [0, 0.1) is 13.8 Å². The van der Waals surface area contributed by atoms with Crippen LogP contribution in [0.5, 0.6) is 5.75 Å². The molecule has 0 fully saturated rings. The van der Waals surface area contributed by atoms with E-state index in [1.165, 1.54) is 0 Å². The summed E-state index contributed by atoms with van der Waals surface area (Å²) in [6, 6.07) is 11.0. The van der Waals surface area contributed by atoms with Crippen LogP contribution in [0.2, 0.25) is 0 Å². The molecule has 5 heteroatoms. The standard InChI is InChI=1S/C16H17BrN2O2/c1-10-7-12(17)8-11(2)16(10)19-15(20)9-21-14-6-4-3-5-13(14)18/h3-8H,9,18H2,1-2H3,(H,19,20). The number of anilines is 2. The van der Waals surface area contributed by atoms with Gasteiger partial charge in [0.05, 0.1) is 5.69 Å². The van der Waals surface area contributed by atoms with E-state index < -0.39 is 0 Å². The lowest BCUT2D eigenvalue weighted by atomic mass is 10.1. The topological polar surface area (TPSA) is 64.3 Å². The summed E-state index contributed by atoms with van der Waals surface area (Å²) in [5, 5.41) is 2.87. The Bertz CT molecular complexity index is 648. The van der Waals surface area contributed by atoms with E-state index in [1.807, 2.05) is 38.1 Å². The fraction of sp³-hybridized carbons (Fsp3) is 0.188. The minimum absolute atomic E-state index is 0.0802. The number of hydrogen-bond donors (Lipinski definition) is 2. The average Bonchev–Trinajstić information content (AvgIpc) is 2.42. The number of nitrogens with two attached hydrogens (primary N) is 1. The summed E-state index contributed by atoms with van der Waals surface area (Å²) in [6.07, 6.45) is 0. The van der Waals surface area contributed by atoms with Gasteiger partial charge in [-0.3, -0.25) is 4.79 Å². The quantitative estimate of drug-likeness (QED) is 0.828. The first-order valence-electron chi connectivity index (χ1n) is 6.51. The number of rotatable bonds is 4. The van der Waals surface area contributed by atoms with Crippen LogP contribution in [0.25, 0.3) is 0 Å². The van der Waals surface area contributed by atoms with Gasteiger partial charge in [0.15, 0.2) is 6.61 Å². The zero-order chi connectivity index (χ0) is 15.4. The smallest absolute Gasteiger partial charge is 0.262 e. The van der Waals surface area contributed by atoms with E-state index in [4.69, 9.17) is 10.5 Å². The van der Waals surface area contributed by atoms with Gasteiger partial charge >= 0.3 is 0 Å². The second-order valence-electron chi connectivity index (χ2n) is 4.79. The van der Waals surface area contributed by atoms with Crippen molar-refractivity contribution in [3.05, 3.63) is 52.0 Å². The number of nitrogen functional groups attached to an aromatic ring is 1. The summed E-state index contributed by atoms with van der Waals surface area (Å²) >= 11 is 3.43. The molecule has 0 aliphatic rings. The van der Waals surface area contributed by atoms with Gasteiger partial charge in [-0.1, -0.05) is 28.1 Å². The number of ether oxygens (including phenoxy) is 1. The molecule has 0 aliphatic carbocycles. The fourth-order valence-electron chi connectivity index (χ4n) is 2.04. The highest BCUT2D eigenvalue weighted by molar-refractivity contribution is 9.10. The second kappa shape index (κ2) is 6.63. The number of carbonyl (C=O) groups is 1. The molecule has 21 heavy (non-hydrogen) atoms. The maximum Gasteiger partial charge on any atom is 0.262 e. The van der Waals surface area contributed by atoms with Gasteiger partial charge in [-0.2, -0.15) is 0 Å². The minimum atomic E-state index is -0.216. The second-order valence-corrected chi connectivity index (χ2v) is 5.70. The first kappa shape index (κ1) is 15.4. The Hall–Kier alpha value is -2.01. The molecule has 0 spiro atoms. The number of nitrogens with one attached hydrogen (secondary N) is 1. The van der Waals surface area contributed by atoms with Crippen molar-refractivity contribution in [2.75, 3.05) is 17.7 Å². The maximum atomic E-state index is 12.0. The van der Waals surface area contributed by atoms with Crippen LogP contribution >= 0.6 is 15.9 Å². The van der Waals surface area contributed by atoms with Crippen molar-refractivity contribution < 1.29 is 9.53 Å². The molecule has 0 atom stereocenters. The average molecular weight is 349 g/mol. The summed E-state index contributed by atoms with van der Waals surface area (Å²) in [5.74, 6) is 0.295. The Morgan fingerprint density at radius 1 is 1.24 bits per heavy atom. The van der Waals surface area contributed by atoms with E-state index in [-0.39, 0.29) is 12.5 Å². The number of benzene rings is 2. The largest absolute Gasteiger partial charge is 0.482 e. The molecule has 0 unspecified atom stereocenters. The van der Waals surface area contributed by atoms with Gasteiger partial charge in [0.25, 0.3) is 5.91 Å². The Balaban J connectivity index is 2.01. The number of para-hydroxylation sites is 2. The van der Waals surface area contributed by atoms with Crippen LogP contribution < -0.4 is 15.8 Å². The SMILES string of the molecule is Cc1cc(Br)cc(C)c1NC(=O)COc1ccccc1N. The lowest BCUT2D eigenvalue weighted by Gasteiger charge is -2.13. The molecule has 2 aromatic rings. The van der Waals surface area contributed by atoms with Crippen LogP contribution in [0.1, 0.15) is 11.1 Å². The van der Waals surface area contributed by atoms with E-state index in [0.717, 1.165) is 21.3 Å². The molecule has 0 radical (unpaired) electrons. The van der Waals surface area contributed by atoms with Crippen LogP contribution in [-0.4, -0.2) is 12.5 Å². The number of hydrogen-bond acceptors (Lipinski definition) is 3. The maximum absolute atomic E-state index is 12.0. The van der Waals surface area contributed by atoms with Gasteiger partial charge in [-0.25, -0.2) is 0 Å². The number of amides is 1. The van der Waals surface area contributed by atoms with Crippen LogP contribution in [-0.2, 0) is 4.79 Å². The van der Waals surface area contributed by atoms with E-state index >= 15 is 0 Å². The van der Waals surface area contributed by atoms with Crippen molar-refractivity contribution in [3.63, 3.8) is 0 Å². The third-order valence-electron chi connectivity index (χ3n) is 3.04. The highest BCUT2D eigenvalue weighted by Gasteiger charge is 2.10. The van der Waals surface area contributed by atoms with Gasteiger partial charge in [0.1, 0.15) is 5.75 Å². The van der Waals surface area contributed by atoms with Crippen molar-refractivity contribution in [1.82, 2.24) is 0 Å². The molecule has 0 heterocycles. The molecule has 0 saturated heterocycles. The zero-order valence-electron chi connectivity index (χ0n) is 11.9. The minimum Gasteiger partial charge on any atom is -0.482 e. The Morgan fingerprint density at radius 2 is 1.86 bits per heavy atom. The molecular weight excluding hydrogens is 332 g/mol. The van der Waals surface area contributed by atoms with Gasteiger partial charge in [0, 0.05) is 10.2 Å². The summed E-state index contributed by atoms with van der Waals surface area (Å²) in [6.45, 7) is 3.82. The molecule has 0 saturated carbocycles. The first-order valence-corrected chi connectivity index (χ1v) is 7.30. The molecule has 4 nitrogen and oxygen atoms in total. The van der Waals surface area contributed by atoms with E-state index in [1.54, 1.807) is 12.1 Å². The van der Waals surface area contributed by atoms with Gasteiger partial charge in [-0.05, 0) is 49.2 Å². The molecule has 0 bridgehead atoms. The van der Waals surface area contributed by atoms with Crippen LogP contribution in [0.15, 0.2) is 40.9 Å². The predicted octanol–water partition coefficient (Wildman–Crippen LogP) is 3.67. The van der Waals surface area contributed by atoms with Crippen LogP contribution in [0.3, 0.4) is 0 Å². The van der Waals surface area contributed by atoms with Crippen molar-refractivity contribution in [1.29, 1.82) is 0 Å². The van der Waals surface area contributed by atoms with Gasteiger partial charge in [-0.15, -0.1) is 0 Å². The molecular formula is C16H17BrN2O2.